The molecule has 0 aliphatic heterocycles. The van der Waals surface area contributed by atoms with Gasteiger partial charge in [-0.05, 0) is 36.2 Å². The van der Waals surface area contributed by atoms with Crippen LogP contribution in [-0.4, -0.2) is 32.2 Å². The first-order valence-electron chi connectivity index (χ1n) is 7.24. The van der Waals surface area contributed by atoms with Crippen molar-refractivity contribution in [3.05, 3.63) is 65.0 Å². The molecule has 0 saturated carbocycles. The summed E-state index contributed by atoms with van der Waals surface area (Å²) >= 11 is 0. The van der Waals surface area contributed by atoms with E-state index in [9.17, 15) is 22.0 Å². The predicted octanol–water partition coefficient (Wildman–Crippen LogP) is 1.81. The molecule has 0 aliphatic carbocycles. The van der Waals surface area contributed by atoms with Crippen molar-refractivity contribution < 1.29 is 26.7 Å². The summed E-state index contributed by atoms with van der Waals surface area (Å²) < 4.78 is 57.0. The topological polar surface area (TPSA) is 85.4 Å². The minimum Gasteiger partial charge on any atom is -0.465 e. The van der Waals surface area contributed by atoms with Crippen molar-refractivity contribution in [1.82, 2.24) is 9.71 Å². The number of benzene rings is 1. The lowest BCUT2D eigenvalue weighted by Crippen LogP contribution is -2.27. The number of pyridine rings is 1. The van der Waals surface area contributed by atoms with E-state index >= 15 is 0 Å². The molecule has 0 radical (unpaired) electrons. The lowest BCUT2D eigenvalue weighted by atomic mass is 10.2. The van der Waals surface area contributed by atoms with Crippen molar-refractivity contribution >= 4 is 16.0 Å². The molecule has 1 aromatic carbocycles. The van der Waals surface area contributed by atoms with E-state index in [1.54, 1.807) is 0 Å². The van der Waals surface area contributed by atoms with Crippen LogP contribution in [0.25, 0.3) is 0 Å². The van der Waals surface area contributed by atoms with Crippen molar-refractivity contribution in [1.29, 1.82) is 0 Å². The number of rotatable bonds is 7. The molecule has 9 heteroatoms. The molecule has 25 heavy (non-hydrogen) atoms. The number of carbonyl (C=O) groups is 1. The molecule has 2 rings (SSSR count). The van der Waals surface area contributed by atoms with E-state index in [0.29, 0.717) is 5.69 Å². The number of hydrogen-bond donors (Lipinski definition) is 1. The fourth-order valence-corrected chi connectivity index (χ4v) is 3.05. The Morgan fingerprint density at radius 3 is 2.44 bits per heavy atom. The van der Waals surface area contributed by atoms with Crippen LogP contribution in [0.2, 0.25) is 0 Å². The highest BCUT2D eigenvalue weighted by molar-refractivity contribution is 7.89. The third-order valence-corrected chi connectivity index (χ3v) is 4.63. The summed E-state index contributed by atoms with van der Waals surface area (Å²) in [6.45, 7) is -0.0682. The number of carbonyl (C=O) groups excluding carboxylic acids is 1. The van der Waals surface area contributed by atoms with Crippen molar-refractivity contribution in [2.75, 3.05) is 12.9 Å². The van der Waals surface area contributed by atoms with E-state index in [1.807, 2.05) is 0 Å². The number of nitrogens with zero attached hydrogens (tertiary/aromatic N) is 1. The molecule has 1 heterocycles. The minimum absolute atomic E-state index is 0.0290. The molecule has 0 fully saturated rings. The molecule has 2 aromatic rings. The number of methoxy groups -OCH3 is 1. The molecule has 134 valence electrons. The largest absolute Gasteiger partial charge is 0.465 e. The first-order valence-corrected chi connectivity index (χ1v) is 8.90. The molecule has 0 spiro atoms. The van der Waals surface area contributed by atoms with Crippen molar-refractivity contribution in [2.24, 2.45) is 0 Å². The Morgan fingerprint density at radius 1 is 1.20 bits per heavy atom. The van der Waals surface area contributed by atoms with Gasteiger partial charge in [0.2, 0.25) is 10.0 Å². The van der Waals surface area contributed by atoms with Gasteiger partial charge >= 0.3 is 5.97 Å². The standard InChI is InChI=1S/C16H16F2N2O4S/c1-24-16(21)12-2-3-15(19-9-12)10-20-25(22,23)5-4-11-6-13(17)8-14(18)7-11/h2-3,6-9,20H,4-5,10H2,1H3. The highest BCUT2D eigenvalue weighted by atomic mass is 32.2. The van der Waals surface area contributed by atoms with Crippen LogP contribution in [0.5, 0.6) is 0 Å². The molecule has 0 aliphatic rings. The molecule has 0 saturated heterocycles. The van der Waals surface area contributed by atoms with Crippen LogP contribution in [0, 0.1) is 11.6 Å². The zero-order chi connectivity index (χ0) is 18.4. The number of sulfonamides is 1. The van der Waals surface area contributed by atoms with Crippen LogP contribution in [-0.2, 0) is 27.7 Å². The number of ether oxygens (including phenoxy) is 1. The molecular weight excluding hydrogens is 354 g/mol. The van der Waals surface area contributed by atoms with Crippen LogP contribution in [0.4, 0.5) is 8.78 Å². The lowest BCUT2D eigenvalue weighted by molar-refractivity contribution is 0.0600. The lowest BCUT2D eigenvalue weighted by Gasteiger charge is -2.07. The summed E-state index contributed by atoms with van der Waals surface area (Å²) in [5, 5.41) is 0. The molecule has 0 bridgehead atoms. The fraction of sp³-hybridized carbons (Fsp3) is 0.250. The van der Waals surface area contributed by atoms with Gasteiger partial charge < -0.3 is 4.74 Å². The van der Waals surface area contributed by atoms with E-state index in [1.165, 1.54) is 25.4 Å². The zero-order valence-electron chi connectivity index (χ0n) is 13.3. The monoisotopic (exact) mass is 370 g/mol. The second-order valence-corrected chi connectivity index (χ2v) is 7.12. The first-order chi connectivity index (χ1) is 11.8. The molecule has 0 atom stereocenters. The number of aryl methyl sites for hydroxylation is 1. The SMILES string of the molecule is COC(=O)c1ccc(CNS(=O)(=O)CCc2cc(F)cc(F)c2)nc1. The molecule has 6 nitrogen and oxygen atoms in total. The van der Waals surface area contributed by atoms with Crippen LogP contribution < -0.4 is 4.72 Å². The van der Waals surface area contributed by atoms with Gasteiger partial charge in [-0.1, -0.05) is 0 Å². The average molecular weight is 370 g/mol. The maximum Gasteiger partial charge on any atom is 0.339 e. The van der Waals surface area contributed by atoms with Gasteiger partial charge in [-0.15, -0.1) is 0 Å². The second-order valence-electron chi connectivity index (χ2n) is 5.20. The number of nitrogens with one attached hydrogen (secondary N) is 1. The smallest absolute Gasteiger partial charge is 0.339 e. The number of hydrogen-bond acceptors (Lipinski definition) is 5. The third kappa shape index (κ3) is 5.87. The highest BCUT2D eigenvalue weighted by Crippen LogP contribution is 2.09. The normalized spacial score (nSPS) is 11.3. The van der Waals surface area contributed by atoms with Crippen LogP contribution in [0.15, 0.2) is 36.5 Å². The number of halogens is 2. The molecule has 0 unspecified atom stereocenters. The Hall–Kier alpha value is -2.39. The summed E-state index contributed by atoms with van der Waals surface area (Å²) in [5.41, 5.74) is 0.915. The Kier molecular flexibility index (Phi) is 6.16. The Bertz CT molecular complexity index is 835. The summed E-state index contributed by atoms with van der Waals surface area (Å²) in [7, 11) is -2.42. The third-order valence-electron chi connectivity index (χ3n) is 3.30. The molecule has 0 amide bonds. The van der Waals surface area contributed by atoms with Gasteiger partial charge in [-0.3, -0.25) is 4.98 Å². The van der Waals surface area contributed by atoms with Crippen molar-refractivity contribution in [3.63, 3.8) is 0 Å². The van der Waals surface area contributed by atoms with Gasteiger partial charge in [0, 0.05) is 12.3 Å². The maximum absolute atomic E-state index is 13.1. The second kappa shape index (κ2) is 8.13. The molecule has 1 N–H and O–H groups in total. The van der Waals surface area contributed by atoms with E-state index in [4.69, 9.17) is 0 Å². The van der Waals surface area contributed by atoms with Crippen LogP contribution >= 0.6 is 0 Å². The van der Waals surface area contributed by atoms with Crippen molar-refractivity contribution in [3.8, 4) is 0 Å². The van der Waals surface area contributed by atoms with Gasteiger partial charge in [-0.25, -0.2) is 26.7 Å². The maximum atomic E-state index is 13.1. The van der Waals surface area contributed by atoms with Crippen LogP contribution in [0.3, 0.4) is 0 Å². The van der Waals surface area contributed by atoms with Crippen LogP contribution in [0.1, 0.15) is 21.6 Å². The van der Waals surface area contributed by atoms with Gasteiger partial charge in [0.05, 0.1) is 30.7 Å². The zero-order valence-corrected chi connectivity index (χ0v) is 14.1. The Balaban J connectivity index is 1.91. The van der Waals surface area contributed by atoms with Gasteiger partial charge in [0.1, 0.15) is 11.6 Å². The quantitative estimate of drug-likeness (QED) is 0.752. The average Bonchev–Trinajstić information content (AvgIpc) is 2.57. The van der Waals surface area contributed by atoms with E-state index in [2.05, 4.69) is 14.4 Å². The van der Waals surface area contributed by atoms with E-state index in [0.717, 1.165) is 18.2 Å². The Morgan fingerprint density at radius 2 is 1.88 bits per heavy atom. The van der Waals surface area contributed by atoms with Gasteiger partial charge in [0.15, 0.2) is 0 Å². The summed E-state index contributed by atoms with van der Waals surface area (Å²) in [6, 6.07) is 5.87. The number of aromatic nitrogens is 1. The summed E-state index contributed by atoms with van der Waals surface area (Å²) in [4.78, 5) is 15.2. The summed E-state index contributed by atoms with van der Waals surface area (Å²) in [6.07, 6.45) is 1.25. The van der Waals surface area contributed by atoms with Gasteiger partial charge in [-0.2, -0.15) is 0 Å². The fourth-order valence-electron chi connectivity index (χ4n) is 2.03. The Labute approximate surface area is 143 Å². The van der Waals surface area contributed by atoms with Gasteiger partial charge in [0.25, 0.3) is 0 Å². The number of esters is 1. The first kappa shape index (κ1) is 18.9. The van der Waals surface area contributed by atoms with E-state index in [-0.39, 0.29) is 29.8 Å². The predicted molar refractivity (Wildman–Crippen MR) is 86.3 cm³/mol. The highest BCUT2D eigenvalue weighted by Gasteiger charge is 2.12. The molecule has 1 aromatic heterocycles. The summed E-state index contributed by atoms with van der Waals surface area (Å²) in [5.74, 6) is -2.37. The minimum atomic E-state index is -3.66. The van der Waals surface area contributed by atoms with E-state index < -0.39 is 27.6 Å². The van der Waals surface area contributed by atoms with Crippen molar-refractivity contribution in [2.45, 2.75) is 13.0 Å². The molecular formula is C16H16F2N2O4S.